The van der Waals surface area contributed by atoms with Crippen LogP contribution in [0.3, 0.4) is 0 Å². The molecular weight excluding hydrogens is 228 g/mol. The van der Waals surface area contributed by atoms with Gasteiger partial charge in [0.1, 0.15) is 0 Å². The molecule has 3 N–H and O–H groups in total. The lowest BCUT2D eigenvalue weighted by atomic mass is 10.1. The van der Waals surface area contributed by atoms with Crippen molar-refractivity contribution in [3.05, 3.63) is 29.8 Å². The first-order valence-electron chi connectivity index (χ1n) is 6.44. The number of anilines is 1. The summed E-state index contributed by atoms with van der Waals surface area (Å²) in [5, 5.41) is 9.73. The molecule has 0 aromatic heterocycles. The molecule has 2 unspecified atom stereocenters. The highest BCUT2D eigenvalue weighted by molar-refractivity contribution is 5.78. The van der Waals surface area contributed by atoms with E-state index < -0.39 is 6.10 Å². The Morgan fingerprint density at radius 1 is 1.50 bits per heavy atom. The van der Waals surface area contributed by atoms with Gasteiger partial charge >= 0.3 is 0 Å². The Hall–Kier alpha value is -1.55. The molecule has 0 radical (unpaired) electrons. The summed E-state index contributed by atoms with van der Waals surface area (Å²) in [7, 11) is 0. The average molecular weight is 248 g/mol. The summed E-state index contributed by atoms with van der Waals surface area (Å²) in [5.41, 5.74) is 7.35. The van der Waals surface area contributed by atoms with Crippen LogP contribution in [0.5, 0.6) is 0 Å². The zero-order valence-electron chi connectivity index (χ0n) is 10.7. The summed E-state index contributed by atoms with van der Waals surface area (Å²) in [6.45, 7) is 3.52. The third-order valence-corrected chi connectivity index (χ3v) is 3.62. The Bertz CT molecular complexity index is 416. The number of nitrogens with two attached hydrogens (primary N) is 1. The van der Waals surface area contributed by atoms with Gasteiger partial charge in [-0.15, -0.1) is 0 Å². The van der Waals surface area contributed by atoms with Crippen molar-refractivity contribution in [2.24, 2.45) is 11.7 Å². The van der Waals surface area contributed by atoms with Gasteiger partial charge in [-0.2, -0.15) is 0 Å². The predicted octanol–water partition coefficient (Wildman–Crippen LogP) is 1.44. The molecule has 0 aliphatic carbocycles. The molecule has 2 rings (SSSR count). The van der Waals surface area contributed by atoms with E-state index in [1.165, 1.54) is 0 Å². The zero-order valence-corrected chi connectivity index (χ0v) is 10.7. The van der Waals surface area contributed by atoms with E-state index in [0.29, 0.717) is 13.0 Å². The van der Waals surface area contributed by atoms with Crippen LogP contribution in [0.1, 0.15) is 31.4 Å². The third kappa shape index (κ3) is 2.64. The van der Waals surface area contributed by atoms with Crippen molar-refractivity contribution in [2.75, 3.05) is 18.0 Å². The fraction of sp³-hybridized carbons (Fsp3) is 0.500. The normalized spacial score (nSPS) is 21.0. The number of aliphatic hydroxyl groups excluding tert-OH is 1. The zero-order chi connectivity index (χ0) is 13.1. The Morgan fingerprint density at radius 2 is 2.17 bits per heavy atom. The second kappa shape index (κ2) is 5.40. The van der Waals surface area contributed by atoms with Gasteiger partial charge in [0.2, 0.25) is 5.91 Å². The van der Waals surface area contributed by atoms with E-state index >= 15 is 0 Å². The van der Waals surface area contributed by atoms with Crippen molar-refractivity contribution in [1.82, 2.24) is 0 Å². The van der Waals surface area contributed by atoms with E-state index in [1.807, 2.05) is 31.2 Å². The molecule has 4 nitrogen and oxygen atoms in total. The highest BCUT2D eigenvalue weighted by Crippen LogP contribution is 2.25. The first-order chi connectivity index (χ1) is 8.61. The van der Waals surface area contributed by atoms with E-state index in [-0.39, 0.29) is 11.8 Å². The van der Waals surface area contributed by atoms with Crippen LogP contribution in [0.2, 0.25) is 0 Å². The molecule has 1 aromatic carbocycles. The maximum absolute atomic E-state index is 11.1. The summed E-state index contributed by atoms with van der Waals surface area (Å²) >= 11 is 0. The van der Waals surface area contributed by atoms with Crippen LogP contribution >= 0.6 is 0 Å². The number of carbonyl (C=O) groups is 1. The highest BCUT2D eigenvalue weighted by atomic mass is 16.3. The molecule has 1 fully saturated rings. The maximum atomic E-state index is 11.1. The molecule has 1 aliphatic heterocycles. The van der Waals surface area contributed by atoms with E-state index in [9.17, 15) is 9.90 Å². The summed E-state index contributed by atoms with van der Waals surface area (Å²) in [5.74, 6) is -0.249. The summed E-state index contributed by atoms with van der Waals surface area (Å²) < 4.78 is 0. The molecule has 0 bridgehead atoms. The molecule has 1 amide bonds. The van der Waals surface area contributed by atoms with Crippen molar-refractivity contribution in [3.8, 4) is 0 Å². The molecule has 0 spiro atoms. The van der Waals surface area contributed by atoms with Gasteiger partial charge in [0.15, 0.2) is 0 Å². The van der Waals surface area contributed by atoms with E-state index in [0.717, 1.165) is 24.2 Å². The first kappa shape index (κ1) is 12.9. The topological polar surface area (TPSA) is 66.6 Å². The van der Waals surface area contributed by atoms with Gasteiger partial charge in [0.05, 0.1) is 12.0 Å². The third-order valence-electron chi connectivity index (χ3n) is 3.62. The van der Waals surface area contributed by atoms with Crippen molar-refractivity contribution in [3.63, 3.8) is 0 Å². The van der Waals surface area contributed by atoms with Crippen LogP contribution < -0.4 is 10.6 Å². The Morgan fingerprint density at radius 3 is 2.67 bits per heavy atom. The summed E-state index contributed by atoms with van der Waals surface area (Å²) in [6.07, 6.45) is 1.15. The van der Waals surface area contributed by atoms with Crippen LogP contribution in [-0.4, -0.2) is 24.1 Å². The smallest absolute Gasteiger partial charge is 0.222 e. The van der Waals surface area contributed by atoms with Gasteiger partial charge in [0, 0.05) is 18.8 Å². The lowest BCUT2D eigenvalue weighted by molar-refractivity contribution is -0.121. The fourth-order valence-corrected chi connectivity index (χ4v) is 2.37. The molecule has 0 saturated carbocycles. The fourth-order valence-electron chi connectivity index (χ4n) is 2.37. The molecule has 1 saturated heterocycles. The molecule has 1 heterocycles. The number of primary amides is 1. The van der Waals surface area contributed by atoms with Crippen LogP contribution in [0.25, 0.3) is 0 Å². The second-order valence-electron chi connectivity index (χ2n) is 4.85. The SMILES string of the molecule is CCC(O)c1ccc(N2CCC(C(N)=O)C2)cc1. The number of amides is 1. The van der Waals surface area contributed by atoms with Crippen LogP contribution in [0, 0.1) is 5.92 Å². The van der Waals surface area contributed by atoms with Crippen molar-refractivity contribution < 1.29 is 9.90 Å². The molecule has 98 valence electrons. The second-order valence-corrected chi connectivity index (χ2v) is 4.85. The standard InChI is InChI=1S/C14H20N2O2/c1-2-13(17)10-3-5-12(6-4-10)16-8-7-11(9-16)14(15)18/h3-6,11,13,17H,2,7-9H2,1H3,(H2,15,18). The van der Waals surface area contributed by atoms with Gasteiger partial charge in [-0.05, 0) is 30.5 Å². The van der Waals surface area contributed by atoms with Gasteiger partial charge in [-0.25, -0.2) is 0 Å². The van der Waals surface area contributed by atoms with Gasteiger partial charge in [-0.1, -0.05) is 19.1 Å². The lowest BCUT2D eigenvalue weighted by Crippen LogP contribution is -2.27. The maximum Gasteiger partial charge on any atom is 0.222 e. The monoisotopic (exact) mass is 248 g/mol. The molecule has 1 aromatic rings. The summed E-state index contributed by atoms with van der Waals surface area (Å²) in [6, 6.07) is 7.89. The molecule has 4 heteroatoms. The van der Waals surface area contributed by atoms with Crippen molar-refractivity contribution in [1.29, 1.82) is 0 Å². The summed E-state index contributed by atoms with van der Waals surface area (Å²) in [4.78, 5) is 13.3. The Kier molecular flexibility index (Phi) is 3.87. The van der Waals surface area contributed by atoms with E-state index in [2.05, 4.69) is 4.90 Å². The van der Waals surface area contributed by atoms with Gasteiger partial charge < -0.3 is 15.7 Å². The quantitative estimate of drug-likeness (QED) is 0.847. The van der Waals surface area contributed by atoms with Crippen LogP contribution in [0.4, 0.5) is 5.69 Å². The number of nitrogens with zero attached hydrogens (tertiary/aromatic N) is 1. The number of aliphatic hydroxyl groups is 1. The molecule has 18 heavy (non-hydrogen) atoms. The Labute approximate surface area is 107 Å². The number of carbonyl (C=O) groups excluding carboxylic acids is 1. The molecule has 1 aliphatic rings. The lowest BCUT2D eigenvalue weighted by Gasteiger charge is -2.19. The highest BCUT2D eigenvalue weighted by Gasteiger charge is 2.26. The predicted molar refractivity (Wildman–Crippen MR) is 71.2 cm³/mol. The van der Waals surface area contributed by atoms with E-state index in [1.54, 1.807) is 0 Å². The Balaban J connectivity index is 2.05. The minimum atomic E-state index is -0.393. The number of rotatable bonds is 4. The first-order valence-corrected chi connectivity index (χ1v) is 6.44. The van der Waals surface area contributed by atoms with Crippen LogP contribution in [0.15, 0.2) is 24.3 Å². The van der Waals surface area contributed by atoms with Gasteiger partial charge in [-0.3, -0.25) is 4.79 Å². The number of hydrogen-bond donors (Lipinski definition) is 2. The molecular formula is C14H20N2O2. The molecule has 2 atom stereocenters. The minimum Gasteiger partial charge on any atom is -0.388 e. The number of benzene rings is 1. The van der Waals surface area contributed by atoms with Gasteiger partial charge in [0.25, 0.3) is 0 Å². The van der Waals surface area contributed by atoms with Crippen molar-refractivity contribution in [2.45, 2.75) is 25.9 Å². The number of hydrogen-bond acceptors (Lipinski definition) is 3. The average Bonchev–Trinajstić information content (AvgIpc) is 2.88. The van der Waals surface area contributed by atoms with Crippen LogP contribution in [-0.2, 0) is 4.79 Å². The van der Waals surface area contributed by atoms with E-state index in [4.69, 9.17) is 5.73 Å². The van der Waals surface area contributed by atoms with Crippen molar-refractivity contribution >= 4 is 11.6 Å². The minimum absolute atomic E-state index is 0.0362. The largest absolute Gasteiger partial charge is 0.388 e.